The molecule has 0 aliphatic rings. The van der Waals surface area contributed by atoms with E-state index in [1.165, 1.54) is 0 Å². The number of carbonyl (C=O) groups excluding carboxylic acids is 1. The van der Waals surface area contributed by atoms with E-state index < -0.39 is 0 Å². The summed E-state index contributed by atoms with van der Waals surface area (Å²) in [4.78, 5) is 12.9. The van der Waals surface area contributed by atoms with Crippen LogP contribution in [0, 0.1) is 0 Å². The quantitative estimate of drug-likeness (QED) is 0.712. The minimum atomic E-state index is 0.250. The molecule has 0 fully saturated rings. The molecule has 3 N–H and O–H groups in total. The SMILES string of the molecule is C=Cc1ccc2c(O)cccc2n1.NC=O. The second kappa shape index (κ2) is 5.50. The van der Waals surface area contributed by atoms with Crippen LogP contribution in [0.5, 0.6) is 5.75 Å². The lowest BCUT2D eigenvalue weighted by Crippen LogP contribution is -1.82. The van der Waals surface area contributed by atoms with Gasteiger partial charge in [-0.05, 0) is 30.3 Å². The third kappa shape index (κ3) is 2.57. The molecule has 4 heteroatoms. The van der Waals surface area contributed by atoms with E-state index >= 15 is 0 Å². The summed E-state index contributed by atoms with van der Waals surface area (Å²) >= 11 is 0. The van der Waals surface area contributed by atoms with Crippen LogP contribution in [0.1, 0.15) is 5.69 Å². The molecule has 0 unspecified atom stereocenters. The number of aromatic nitrogens is 1. The zero-order valence-electron chi connectivity index (χ0n) is 8.63. The maximum atomic E-state index is 9.47. The number of primary amides is 1. The van der Waals surface area contributed by atoms with Gasteiger partial charge in [-0.1, -0.05) is 12.6 Å². The summed E-state index contributed by atoms with van der Waals surface area (Å²) in [6.07, 6.45) is 1.93. The Balaban J connectivity index is 0.000000386. The highest BCUT2D eigenvalue weighted by molar-refractivity contribution is 5.85. The molecule has 0 aliphatic heterocycles. The number of nitrogens with zero attached hydrogens (tertiary/aromatic N) is 1. The third-order valence-electron chi connectivity index (χ3n) is 1.94. The van der Waals surface area contributed by atoms with Crippen molar-refractivity contribution in [3.63, 3.8) is 0 Å². The molecule has 1 aromatic heterocycles. The van der Waals surface area contributed by atoms with Crippen molar-refractivity contribution < 1.29 is 9.90 Å². The molecule has 82 valence electrons. The molecule has 0 aliphatic carbocycles. The Morgan fingerprint density at radius 3 is 2.62 bits per heavy atom. The molecule has 2 rings (SSSR count). The zero-order chi connectivity index (χ0) is 12.0. The van der Waals surface area contributed by atoms with Crippen molar-refractivity contribution >= 4 is 23.4 Å². The monoisotopic (exact) mass is 216 g/mol. The number of nitrogens with two attached hydrogens (primary N) is 1. The van der Waals surface area contributed by atoms with E-state index in [1.807, 2.05) is 18.2 Å². The third-order valence-corrected chi connectivity index (χ3v) is 1.94. The van der Waals surface area contributed by atoms with E-state index in [2.05, 4.69) is 17.3 Å². The number of aromatic hydroxyl groups is 1. The van der Waals surface area contributed by atoms with Crippen molar-refractivity contribution in [2.45, 2.75) is 0 Å². The number of hydrogen-bond donors (Lipinski definition) is 2. The number of fused-ring (bicyclic) bond motifs is 1. The molecule has 0 saturated heterocycles. The van der Waals surface area contributed by atoms with E-state index in [9.17, 15) is 5.11 Å². The first-order chi connectivity index (χ1) is 7.72. The Morgan fingerprint density at radius 1 is 1.31 bits per heavy atom. The summed E-state index contributed by atoms with van der Waals surface area (Å²) in [7, 11) is 0. The van der Waals surface area contributed by atoms with Crippen molar-refractivity contribution in [1.29, 1.82) is 0 Å². The second-order valence-electron chi connectivity index (χ2n) is 2.92. The molecule has 0 saturated carbocycles. The number of rotatable bonds is 1. The fourth-order valence-corrected chi connectivity index (χ4v) is 1.27. The summed E-state index contributed by atoms with van der Waals surface area (Å²) in [5.74, 6) is 0.264. The maximum absolute atomic E-state index is 9.47. The molecule has 1 heterocycles. The molecule has 0 spiro atoms. The highest BCUT2D eigenvalue weighted by Crippen LogP contribution is 2.22. The average Bonchev–Trinajstić information content (AvgIpc) is 2.30. The van der Waals surface area contributed by atoms with Crippen molar-refractivity contribution in [2.24, 2.45) is 5.73 Å². The highest BCUT2D eigenvalue weighted by Gasteiger charge is 1.99. The predicted molar refractivity (Wildman–Crippen MR) is 63.8 cm³/mol. The largest absolute Gasteiger partial charge is 0.507 e. The summed E-state index contributed by atoms with van der Waals surface area (Å²) < 4.78 is 0. The maximum Gasteiger partial charge on any atom is 0.204 e. The van der Waals surface area contributed by atoms with Crippen LogP contribution in [0.2, 0.25) is 0 Å². The van der Waals surface area contributed by atoms with Gasteiger partial charge in [0.2, 0.25) is 6.41 Å². The van der Waals surface area contributed by atoms with Gasteiger partial charge >= 0.3 is 0 Å². The number of pyridine rings is 1. The first kappa shape index (κ1) is 11.7. The molecular formula is C12H12N2O2. The summed E-state index contributed by atoms with van der Waals surface area (Å²) in [5, 5.41) is 10.2. The fraction of sp³-hybridized carbons (Fsp3) is 0. The van der Waals surface area contributed by atoms with Gasteiger partial charge < -0.3 is 10.8 Å². The lowest BCUT2D eigenvalue weighted by Gasteiger charge is -2.00. The van der Waals surface area contributed by atoms with Gasteiger partial charge in [-0.3, -0.25) is 4.79 Å². The minimum Gasteiger partial charge on any atom is -0.507 e. The number of benzene rings is 1. The minimum absolute atomic E-state index is 0.250. The highest BCUT2D eigenvalue weighted by atomic mass is 16.3. The van der Waals surface area contributed by atoms with E-state index in [1.54, 1.807) is 18.2 Å². The fourth-order valence-electron chi connectivity index (χ4n) is 1.27. The van der Waals surface area contributed by atoms with Gasteiger partial charge in [-0.25, -0.2) is 4.98 Å². The van der Waals surface area contributed by atoms with Gasteiger partial charge in [-0.2, -0.15) is 0 Å². The Morgan fingerprint density at radius 2 is 2.00 bits per heavy atom. The summed E-state index contributed by atoms with van der Waals surface area (Å²) in [6, 6.07) is 8.96. The van der Waals surface area contributed by atoms with Crippen LogP contribution in [0.3, 0.4) is 0 Å². The first-order valence-corrected chi connectivity index (χ1v) is 4.59. The van der Waals surface area contributed by atoms with Crippen LogP contribution in [0.15, 0.2) is 36.9 Å². The second-order valence-corrected chi connectivity index (χ2v) is 2.92. The normalized spacial score (nSPS) is 9.00. The van der Waals surface area contributed by atoms with E-state index in [4.69, 9.17) is 4.79 Å². The van der Waals surface area contributed by atoms with Crippen LogP contribution in [0.4, 0.5) is 0 Å². The van der Waals surface area contributed by atoms with E-state index in [0.29, 0.717) is 0 Å². The number of hydrogen-bond acceptors (Lipinski definition) is 3. The lowest BCUT2D eigenvalue weighted by molar-refractivity contribution is -0.106. The van der Waals surface area contributed by atoms with E-state index in [-0.39, 0.29) is 12.2 Å². The average molecular weight is 216 g/mol. The molecule has 0 atom stereocenters. The van der Waals surface area contributed by atoms with Crippen LogP contribution in [-0.4, -0.2) is 16.5 Å². The standard InChI is InChI=1S/C11H9NO.CH3NO/c1-2-8-6-7-9-10(12-8)4-3-5-11(9)13;2-1-3/h2-7,13H,1H2;1H,(H2,2,3). The Labute approximate surface area is 93.0 Å². The van der Waals surface area contributed by atoms with Crippen LogP contribution in [0.25, 0.3) is 17.0 Å². The molecule has 0 bridgehead atoms. The van der Waals surface area contributed by atoms with Gasteiger partial charge in [0, 0.05) is 5.39 Å². The molecule has 1 amide bonds. The Kier molecular flexibility index (Phi) is 4.03. The molecule has 0 radical (unpaired) electrons. The van der Waals surface area contributed by atoms with Crippen molar-refractivity contribution in [3.8, 4) is 5.75 Å². The van der Waals surface area contributed by atoms with Gasteiger partial charge in [0.25, 0.3) is 0 Å². The lowest BCUT2D eigenvalue weighted by atomic mass is 10.2. The molecule has 2 aromatic rings. The summed E-state index contributed by atoms with van der Waals surface area (Å²) in [5.41, 5.74) is 5.77. The van der Waals surface area contributed by atoms with Crippen LogP contribution >= 0.6 is 0 Å². The van der Waals surface area contributed by atoms with Gasteiger partial charge in [0.1, 0.15) is 5.75 Å². The van der Waals surface area contributed by atoms with Crippen LogP contribution < -0.4 is 5.73 Å². The molecular weight excluding hydrogens is 204 g/mol. The smallest absolute Gasteiger partial charge is 0.204 e. The number of amides is 1. The molecule has 4 nitrogen and oxygen atoms in total. The molecule has 16 heavy (non-hydrogen) atoms. The van der Waals surface area contributed by atoms with Crippen molar-refractivity contribution in [2.75, 3.05) is 0 Å². The van der Waals surface area contributed by atoms with E-state index in [0.717, 1.165) is 16.6 Å². The van der Waals surface area contributed by atoms with Crippen LogP contribution in [-0.2, 0) is 4.79 Å². The zero-order valence-corrected chi connectivity index (χ0v) is 8.63. The summed E-state index contributed by atoms with van der Waals surface area (Å²) in [6.45, 7) is 3.64. The predicted octanol–water partition coefficient (Wildman–Crippen LogP) is 1.68. The van der Waals surface area contributed by atoms with Gasteiger partial charge in [0.15, 0.2) is 0 Å². The van der Waals surface area contributed by atoms with Gasteiger partial charge in [0.05, 0.1) is 11.2 Å². The Bertz CT molecular complexity index is 509. The molecule has 1 aromatic carbocycles. The van der Waals surface area contributed by atoms with Crippen molar-refractivity contribution in [3.05, 3.63) is 42.6 Å². The number of phenols is 1. The Hall–Kier alpha value is -2.36. The topological polar surface area (TPSA) is 76.2 Å². The number of carbonyl (C=O) groups is 1. The first-order valence-electron chi connectivity index (χ1n) is 4.59. The van der Waals surface area contributed by atoms with Gasteiger partial charge in [-0.15, -0.1) is 0 Å². The number of phenolic OH excluding ortho intramolecular Hbond substituents is 1. The van der Waals surface area contributed by atoms with Crippen molar-refractivity contribution in [1.82, 2.24) is 4.98 Å².